The number of piperidine rings is 1. The summed E-state index contributed by atoms with van der Waals surface area (Å²) in [5.41, 5.74) is 6.31. The molecule has 2 aliphatic rings. The largest absolute Gasteiger partial charge is 0.495 e. The van der Waals surface area contributed by atoms with E-state index in [0.717, 1.165) is 36.7 Å². The average molecular weight is 492 g/mol. The average Bonchev–Trinajstić information content (AvgIpc) is 2.90. The van der Waals surface area contributed by atoms with Crippen LogP contribution in [0.4, 0.5) is 5.69 Å². The van der Waals surface area contributed by atoms with Crippen LogP contribution in [0, 0.1) is 13.8 Å². The molecule has 5 nitrogen and oxygen atoms in total. The Kier molecular flexibility index (Phi) is 7.17. The van der Waals surface area contributed by atoms with Gasteiger partial charge in [0.2, 0.25) is 0 Å². The lowest BCUT2D eigenvalue weighted by Crippen LogP contribution is -2.56. The zero-order chi connectivity index (χ0) is 24.4. The molecule has 0 spiro atoms. The van der Waals surface area contributed by atoms with Gasteiger partial charge in [-0.3, -0.25) is 9.88 Å². The summed E-state index contributed by atoms with van der Waals surface area (Å²) >= 11 is 6.26. The third kappa shape index (κ3) is 4.98. The van der Waals surface area contributed by atoms with Gasteiger partial charge in [-0.05, 0) is 74.1 Å². The molecule has 0 bridgehead atoms. The molecular weight excluding hydrogens is 458 g/mol. The molecule has 6 heteroatoms. The standard InChI is InChI=1S/C29H34ClN3O2/c1-20-21(2)28(35-19-22-6-5-13-31-17-22)12-10-25(20)27-8-4-7-24-18-32(14-15-33(24)27)23-9-11-26(30)29(16-23)34-3/h5-6,9-13,16-17,24,27H,4,7-8,14-15,18-19H2,1-3H3/t24?,27-/m1/s1. The second-order valence-electron chi connectivity index (χ2n) is 9.66. The van der Waals surface area contributed by atoms with Gasteiger partial charge in [0.1, 0.15) is 18.1 Å². The summed E-state index contributed by atoms with van der Waals surface area (Å²) in [5.74, 6) is 1.70. The summed E-state index contributed by atoms with van der Waals surface area (Å²) in [4.78, 5) is 9.41. The van der Waals surface area contributed by atoms with Crippen molar-refractivity contribution in [3.05, 3.63) is 82.1 Å². The van der Waals surface area contributed by atoms with Gasteiger partial charge in [0.15, 0.2) is 0 Å². The van der Waals surface area contributed by atoms with Crippen LogP contribution in [-0.2, 0) is 6.61 Å². The van der Waals surface area contributed by atoms with E-state index in [1.807, 2.05) is 24.4 Å². The molecule has 0 aliphatic carbocycles. The minimum atomic E-state index is 0.460. The Morgan fingerprint density at radius 3 is 2.71 bits per heavy atom. The number of pyridine rings is 1. The Bertz CT molecular complexity index is 1170. The number of nitrogens with zero attached hydrogens (tertiary/aromatic N) is 3. The van der Waals surface area contributed by atoms with E-state index in [2.05, 4.69) is 52.9 Å². The van der Waals surface area contributed by atoms with Crippen LogP contribution in [0.2, 0.25) is 5.02 Å². The van der Waals surface area contributed by atoms with E-state index in [4.69, 9.17) is 21.1 Å². The Hall–Kier alpha value is -2.76. The first-order chi connectivity index (χ1) is 17.0. The third-order valence-corrected chi connectivity index (χ3v) is 8.01. The van der Waals surface area contributed by atoms with Crippen molar-refractivity contribution in [1.82, 2.24) is 9.88 Å². The van der Waals surface area contributed by atoms with Crippen molar-refractivity contribution in [3.8, 4) is 11.5 Å². The third-order valence-electron chi connectivity index (χ3n) is 7.70. The van der Waals surface area contributed by atoms with Crippen LogP contribution in [0.5, 0.6) is 11.5 Å². The maximum atomic E-state index is 6.26. The lowest BCUT2D eigenvalue weighted by Gasteiger charge is -2.49. The molecule has 5 rings (SSSR count). The molecular formula is C29H34ClN3O2. The molecule has 3 heterocycles. The predicted octanol–water partition coefficient (Wildman–Crippen LogP) is 6.36. The van der Waals surface area contributed by atoms with Gasteiger partial charge in [-0.15, -0.1) is 0 Å². The SMILES string of the molecule is COc1cc(N2CCN3C(CCC[C@@H]3c3ccc(OCc4cccnc4)c(C)c3C)C2)ccc1Cl. The second-order valence-corrected chi connectivity index (χ2v) is 10.1. The molecule has 2 atom stereocenters. The summed E-state index contributed by atoms with van der Waals surface area (Å²) in [6.45, 7) is 8.06. The zero-order valence-corrected chi connectivity index (χ0v) is 21.6. The van der Waals surface area contributed by atoms with Gasteiger partial charge in [-0.1, -0.05) is 23.7 Å². The van der Waals surface area contributed by atoms with Crippen molar-refractivity contribution < 1.29 is 9.47 Å². The number of hydrogen-bond donors (Lipinski definition) is 0. The summed E-state index contributed by atoms with van der Waals surface area (Å²) in [7, 11) is 1.67. The van der Waals surface area contributed by atoms with Crippen molar-refractivity contribution in [3.63, 3.8) is 0 Å². The first kappa shape index (κ1) is 24.0. The number of piperazine rings is 1. The van der Waals surface area contributed by atoms with Crippen molar-refractivity contribution in [2.45, 2.75) is 51.8 Å². The molecule has 35 heavy (non-hydrogen) atoms. The van der Waals surface area contributed by atoms with E-state index in [-0.39, 0.29) is 0 Å². The summed E-state index contributed by atoms with van der Waals surface area (Å²) < 4.78 is 11.6. The van der Waals surface area contributed by atoms with Crippen molar-refractivity contribution in [1.29, 1.82) is 0 Å². The number of ether oxygens (including phenoxy) is 2. The smallest absolute Gasteiger partial charge is 0.139 e. The van der Waals surface area contributed by atoms with Gasteiger partial charge in [-0.25, -0.2) is 0 Å². The fraction of sp³-hybridized carbons (Fsp3) is 0.414. The van der Waals surface area contributed by atoms with E-state index in [1.165, 1.54) is 41.6 Å². The quantitative estimate of drug-likeness (QED) is 0.401. The number of benzene rings is 2. The fourth-order valence-electron chi connectivity index (χ4n) is 5.64. The monoisotopic (exact) mass is 491 g/mol. The first-order valence-corrected chi connectivity index (χ1v) is 12.9. The molecule has 2 saturated heterocycles. The number of anilines is 1. The molecule has 3 aromatic rings. The van der Waals surface area contributed by atoms with Crippen LogP contribution in [0.15, 0.2) is 54.9 Å². The Balaban J connectivity index is 1.31. The number of fused-ring (bicyclic) bond motifs is 1. The highest BCUT2D eigenvalue weighted by atomic mass is 35.5. The van der Waals surface area contributed by atoms with Gasteiger partial charge >= 0.3 is 0 Å². The van der Waals surface area contributed by atoms with Crippen LogP contribution in [0.25, 0.3) is 0 Å². The van der Waals surface area contributed by atoms with Gasteiger partial charge in [0, 0.05) is 61.4 Å². The van der Waals surface area contributed by atoms with Crippen LogP contribution in [0.1, 0.15) is 47.6 Å². The number of halogens is 1. The Morgan fingerprint density at radius 2 is 1.91 bits per heavy atom. The molecule has 2 fully saturated rings. The second kappa shape index (κ2) is 10.5. The molecule has 0 amide bonds. The summed E-state index contributed by atoms with van der Waals surface area (Å²) in [6.07, 6.45) is 7.35. The minimum Gasteiger partial charge on any atom is -0.495 e. The van der Waals surface area contributed by atoms with E-state index >= 15 is 0 Å². The van der Waals surface area contributed by atoms with E-state index in [9.17, 15) is 0 Å². The summed E-state index contributed by atoms with van der Waals surface area (Å²) in [5, 5.41) is 0.659. The Labute approximate surface area is 213 Å². The van der Waals surface area contributed by atoms with Crippen molar-refractivity contribution in [2.75, 3.05) is 31.6 Å². The topological polar surface area (TPSA) is 37.8 Å². The fourth-order valence-corrected chi connectivity index (χ4v) is 5.84. The number of hydrogen-bond acceptors (Lipinski definition) is 5. The van der Waals surface area contributed by atoms with Crippen LogP contribution in [0.3, 0.4) is 0 Å². The van der Waals surface area contributed by atoms with Gasteiger partial charge < -0.3 is 14.4 Å². The predicted molar refractivity (Wildman–Crippen MR) is 142 cm³/mol. The molecule has 1 unspecified atom stereocenters. The van der Waals surface area contributed by atoms with E-state index in [1.54, 1.807) is 13.3 Å². The van der Waals surface area contributed by atoms with Crippen LogP contribution in [-0.4, -0.2) is 42.7 Å². The zero-order valence-electron chi connectivity index (χ0n) is 20.8. The molecule has 0 N–H and O–H groups in total. The van der Waals surface area contributed by atoms with Gasteiger partial charge in [0.05, 0.1) is 12.1 Å². The highest BCUT2D eigenvalue weighted by Gasteiger charge is 2.36. The highest BCUT2D eigenvalue weighted by molar-refractivity contribution is 6.32. The molecule has 0 saturated carbocycles. The maximum Gasteiger partial charge on any atom is 0.139 e. The molecule has 184 valence electrons. The van der Waals surface area contributed by atoms with Crippen molar-refractivity contribution in [2.24, 2.45) is 0 Å². The number of rotatable bonds is 6. The lowest BCUT2D eigenvalue weighted by atomic mass is 9.86. The van der Waals surface area contributed by atoms with E-state index < -0.39 is 0 Å². The minimum absolute atomic E-state index is 0.460. The van der Waals surface area contributed by atoms with Crippen LogP contribution >= 0.6 is 11.6 Å². The number of aromatic nitrogens is 1. The van der Waals surface area contributed by atoms with Gasteiger partial charge in [-0.2, -0.15) is 0 Å². The van der Waals surface area contributed by atoms with Crippen molar-refractivity contribution >= 4 is 17.3 Å². The maximum absolute atomic E-state index is 6.26. The van der Waals surface area contributed by atoms with Gasteiger partial charge in [0.25, 0.3) is 0 Å². The molecule has 2 aromatic carbocycles. The molecule has 2 aliphatic heterocycles. The molecule has 1 aromatic heterocycles. The highest BCUT2D eigenvalue weighted by Crippen LogP contribution is 2.40. The van der Waals surface area contributed by atoms with Crippen LogP contribution < -0.4 is 14.4 Å². The molecule has 0 radical (unpaired) electrons. The normalized spacial score (nSPS) is 20.4. The first-order valence-electron chi connectivity index (χ1n) is 12.5. The summed E-state index contributed by atoms with van der Waals surface area (Å²) in [6, 6.07) is 15.6. The Morgan fingerprint density at radius 1 is 1.03 bits per heavy atom. The lowest BCUT2D eigenvalue weighted by molar-refractivity contribution is 0.0712. The number of methoxy groups -OCH3 is 1. The van der Waals surface area contributed by atoms with E-state index in [0.29, 0.717) is 23.7 Å².